The van der Waals surface area contributed by atoms with Gasteiger partial charge in [0.15, 0.2) is 57.6 Å². The molecule has 8 N–H and O–H groups in total. The molecule has 1 aromatic heterocycles. The van der Waals surface area contributed by atoms with Crippen LogP contribution in [0, 0.1) is 25.5 Å². The molecule has 44 heteroatoms. The Labute approximate surface area is 832 Å². The Morgan fingerprint density at radius 1 is 0.343 bits per heavy atom. The highest BCUT2D eigenvalue weighted by Crippen LogP contribution is 2.40. The molecule has 0 saturated carbocycles. The fraction of sp³-hybridized carbons (Fsp3) is 0.212. The van der Waals surface area contributed by atoms with Crippen LogP contribution >= 0.6 is 22.9 Å². The van der Waals surface area contributed by atoms with E-state index in [4.69, 9.17) is 49.5 Å². The molecule has 0 fully saturated rings. The second-order valence-corrected chi connectivity index (χ2v) is 41.0. The Hall–Kier alpha value is -15.6. The van der Waals surface area contributed by atoms with E-state index in [1.807, 2.05) is 135 Å². The number of amides is 12. The van der Waals surface area contributed by atoms with E-state index in [2.05, 4.69) is 21.3 Å². The van der Waals surface area contributed by atoms with Crippen molar-refractivity contribution in [3.05, 3.63) is 328 Å². The summed E-state index contributed by atoms with van der Waals surface area (Å²) in [6.07, 6.45) is 1.45. The third-order valence-corrected chi connectivity index (χ3v) is 29.5. The molecule has 16 rings (SSSR count). The van der Waals surface area contributed by atoms with Gasteiger partial charge in [-0.15, -0.1) is 11.3 Å². The van der Waals surface area contributed by atoms with Crippen LogP contribution in [0.15, 0.2) is 287 Å². The van der Waals surface area contributed by atoms with Gasteiger partial charge in [-0.05, 0) is 151 Å². The van der Waals surface area contributed by atoms with Gasteiger partial charge in [0.1, 0.15) is 28.4 Å². The Kier molecular flexibility index (Phi) is 34.9. The zero-order chi connectivity index (χ0) is 102. The summed E-state index contributed by atoms with van der Waals surface area (Å²) < 4.78 is 178. The molecular formula is C99H97ClF2N12O24S5. The lowest BCUT2D eigenvalue weighted by atomic mass is 10.0. The summed E-state index contributed by atoms with van der Waals surface area (Å²) in [4.78, 5) is 110. The van der Waals surface area contributed by atoms with Gasteiger partial charge in [0.25, 0.3) is 30.1 Å². The summed E-state index contributed by atoms with van der Waals surface area (Å²) >= 11 is 7.09. The summed E-state index contributed by atoms with van der Waals surface area (Å²) in [7, 11) is -10.5. The smallest absolute Gasteiger partial charge is 0.329 e. The molecule has 4 atom stereocenters. The summed E-state index contributed by atoms with van der Waals surface area (Å²) in [5, 5.41) is 10.2. The van der Waals surface area contributed by atoms with Crippen LogP contribution in [0.5, 0.6) is 46.0 Å². The number of rotatable bonds is 31. The molecule has 0 radical (unpaired) electrons. The SMILES string of the molecule is CN(C(=O)[C@H](Cc1ccccc1)NC(=O)NS(=O)(=O)CCCc1ccccc1)c1ccc2c(c1)OCO2.CN(C(=O)[C@H](Cc1ccccc1)NC(=O)NS(=O)(=O)c1ccc(F)c(F)c1)c1ccc2c(c1)OCO2.Cc1c(Cl)cccc1S(=O)(=O)NC(=O)N[C@@H](Cc1ccccc1)C(=O)N(C)c1ccc2c(c1)OCO2.Cc1ccc(S(=O)(=O)NC(=O)N[C@@H](Cc2ccccc2)C(=O)N(C)c2ccc3c(c2)OCO3)s1. The van der Waals surface area contributed by atoms with Crippen molar-refractivity contribution in [3.8, 4) is 46.0 Å². The molecule has 0 bridgehead atoms. The molecule has 12 aromatic rings. The first kappa shape index (κ1) is 105. The zero-order valence-electron chi connectivity index (χ0n) is 77.3. The van der Waals surface area contributed by atoms with Crippen molar-refractivity contribution in [2.24, 2.45) is 0 Å². The van der Waals surface area contributed by atoms with E-state index in [1.165, 1.54) is 51.8 Å². The van der Waals surface area contributed by atoms with E-state index in [0.717, 1.165) is 44.5 Å². The quantitative estimate of drug-likeness (QED) is 0.0200. The van der Waals surface area contributed by atoms with Crippen molar-refractivity contribution in [1.29, 1.82) is 0 Å². The number of anilines is 4. The van der Waals surface area contributed by atoms with Crippen molar-refractivity contribution in [2.45, 2.75) is 90.5 Å². The van der Waals surface area contributed by atoms with Gasteiger partial charge in [-0.3, -0.25) is 19.2 Å². The number of nitrogens with one attached hydrogen (secondary N) is 8. The van der Waals surface area contributed by atoms with Crippen LogP contribution in [0.2, 0.25) is 5.02 Å². The van der Waals surface area contributed by atoms with E-state index >= 15 is 0 Å². The number of urea groups is 4. The summed E-state index contributed by atoms with van der Waals surface area (Å²) in [5.74, 6) is -0.441. The molecule has 0 aliphatic carbocycles. The lowest BCUT2D eigenvalue weighted by Crippen LogP contribution is -2.52. The molecule has 5 heterocycles. The molecule has 748 valence electrons. The van der Waals surface area contributed by atoms with Gasteiger partial charge in [-0.2, -0.15) is 0 Å². The molecule has 0 spiro atoms. The summed E-state index contributed by atoms with van der Waals surface area (Å²) in [6.45, 7) is 3.67. The first-order valence-corrected chi connectivity index (χ1v) is 51.1. The van der Waals surface area contributed by atoms with E-state index in [1.54, 1.807) is 148 Å². The van der Waals surface area contributed by atoms with Gasteiger partial charge in [0.2, 0.25) is 60.8 Å². The Morgan fingerprint density at radius 3 is 0.986 bits per heavy atom. The van der Waals surface area contributed by atoms with E-state index < -0.39 is 129 Å². The molecule has 4 aliphatic rings. The molecule has 0 unspecified atom stereocenters. The van der Waals surface area contributed by atoms with Crippen molar-refractivity contribution in [1.82, 2.24) is 40.2 Å². The van der Waals surface area contributed by atoms with Crippen molar-refractivity contribution < 1.29 is 119 Å². The summed E-state index contributed by atoms with van der Waals surface area (Å²) in [5.41, 5.74) is 6.48. The van der Waals surface area contributed by atoms with Crippen molar-refractivity contribution in [2.75, 3.05) is 80.7 Å². The topological polar surface area (TPSA) is 456 Å². The molecule has 4 aliphatic heterocycles. The predicted molar refractivity (Wildman–Crippen MR) is 528 cm³/mol. The average Bonchev–Trinajstić information content (AvgIpc) is 1.30. The predicted octanol–water partition coefficient (Wildman–Crippen LogP) is 12.9. The number of carbonyl (C=O) groups is 8. The maximum Gasteiger partial charge on any atom is 0.329 e. The third-order valence-electron chi connectivity index (χ3n) is 22.2. The van der Waals surface area contributed by atoms with Crippen molar-refractivity contribution >= 4 is 134 Å². The number of nitrogens with zero attached hydrogens (tertiary/aromatic N) is 4. The van der Waals surface area contributed by atoms with Gasteiger partial charge in [-0.1, -0.05) is 169 Å². The fourth-order valence-electron chi connectivity index (χ4n) is 14.7. The number of likely N-dealkylation sites (N-methyl/N-ethyl adjacent to an activating group) is 4. The fourth-order valence-corrected chi connectivity index (χ4v) is 20.2. The van der Waals surface area contributed by atoms with Crippen LogP contribution in [-0.4, -0.2) is 167 Å². The maximum atomic E-state index is 13.5. The highest BCUT2D eigenvalue weighted by molar-refractivity contribution is 7.92. The molecule has 143 heavy (non-hydrogen) atoms. The minimum Gasteiger partial charge on any atom is -0.454 e. The molecule has 11 aromatic carbocycles. The Morgan fingerprint density at radius 2 is 0.657 bits per heavy atom. The number of sulfonamides is 4. The number of halogens is 3. The van der Waals surface area contributed by atoms with Gasteiger partial charge in [-0.25, -0.2) is 80.5 Å². The maximum absolute atomic E-state index is 13.5. The van der Waals surface area contributed by atoms with Crippen molar-refractivity contribution in [3.63, 3.8) is 0 Å². The van der Waals surface area contributed by atoms with Gasteiger partial charge in [0.05, 0.1) is 15.5 Å². The molecule has 12 amide bonds. The first-order chi connectivity index (χ1) is 68.3. The normalized spacial score (nSPS) is 13.1. The Bertz CT molecular complexity index is 7130. The lowest BCUT2D eigenvalue weighted by Gasteiger charge is -2.25. The van der Waals surface area contributed by atoms with Crippen LogP contribution in [-0.2, 0) is 91.4 Å². The van der Waals surface area contributed by atoms with Crippen LogP contribution in [0.4, 0.5) is 50.7 Å². The van der Waals surface area contributed by atoms with Crippen LogP contribution < -0.4 is 97.7 Å². The highest BCUT2D eigenvalue weighted by Gasteiger charge is 2.36. The number of ether oxygens (including phenoxy) is 8. The molecule has 0 saturated heterocycles. The number of aryl methyl sites for hydroxylation is 2. The molecule has 36 nitrogen and oxygen atoms in total. The van der Waals surface area contributed by atoms with E-state index in [-0.39, 0.29) is 72.7 Å². The first-order valence-electron chi connectivity index (χ1n) is 43.8. The van der Waals surface area contributed by atoms with Gasteiger partial charge in [0, 0.05) is 111 Å². The number of fused-ring (bicyclic) bond motifs is 4. The second-order valence-electron chi connectivity index (χ2n) is 32.2. The number of thiophene rings is 1. The Balaban J connectivity index is 0.000000160. The second kappa shape index (κ2) is 47.6. The average molecular weight is 2070 g/mol. The minimum atomic E-state index is -4.55. The number of hydrogen-bond donors (Lipinski definition) is 8. The van der Waals surface area contributed by atoms with Crippen LogP contribution in [0.3, 0.4) is 0 Å². The van der Waals surface area contributed by atoms with E-state index in [0.29, 0.717) is 105 Å². The zero-order valence-corrected chi connectivity index (χ0v) is 82.2. The number of hydrogen-bond acceptors (Lipinski definition) is 25. The van der Waals surface area contributed by atoms with Gasteiger partial charge < -0.3 is 78.8 Å². The highest BCUT2D eigenvalue weighted by atomic mass is 35.5. The largest absolute Gasteiger partial charge is 0.454 e. The van der Waals surface area contributed by atoms with E-state index in [9.17, 15) is 80.8 Å². The van der Waals surface area contributed by atoms with Gasteiger partial charge >= 0.3 is 24.1 Å². The summed E-state index contributed by atoms with van der Waals surface area (Å²) in [6, 6.07) is 66.6. The lowest BCUT2D eigenvalue weighted by molar-refractivity contribution is -0.120. The minimum absolute atomic E-state index is 0.0172. The monoisotopic (exact) mass is 2070 g/mol. The molecular weight excluding hydrogens is 1970 g/mol. The third kappa shape index (κ3) is 28.6. The number of benzene rings is 11. The number of carbonyl (C=O) groups excluding carboxylic acids is 8. The van der Waals surface area contributed by atoms with Crippen LogP contribution in [0.1, 0.15) is 44.7 Å². The standard InChI is InChI=1S/C27H29N3O6S.C25H24ClN3O6S.C24H21F2N3O6S.C23H23N3O6S2/c1-30(22-14-15-24-25(18-22)36-19-35-24)26(31)23(17-21-11-6-3-7-12-21)28-27(32)29-37(33,34)16-8-13-20-9-4-2-5-10-20;1-16-19(26)9-6-10-23(16)36(32,33)28-25(31)27-20(13-17-7-4-3-5-8-17)24(30)29(2)18-11-12-21-22(14-18)35-15-34-21;1-29(16-7-10-21-22(12-16)35-14-34-21)23(30)20(11-15-5-3-2-4-6-15)27-24(31)28-36(32,33)17-8-9-18(25)19(26)13-17;1-15-8-11-21(33-15)34(29,30)25-23(28)24-18(12-16-6-4-3-5-7-16)22(27)26(2)17-9-10-19-20(13-17)32-14-31-19/h2-7,9-12,14-15,18,23H,8,13,16-17,19H2,1H3,(H2,28,29,32);3-12,14,20H,13,15H2,1-2H3,(H2,27,28,31);2-10,12-13,20H,11,14H2,1H3,(H2,27,28,31);3-11,13,18H,12,14H2,1-2H3,(H2,24,25,28)/t23-;2*20-;18-/m0000/s1. The van der Waals surface area contributed by atoms with Crippen LogP contribution in [0.25, 0.3) is 0 Å².